The summed E-state index contributed by atoms with van der Waals surface area (Å²) in [6.07, 6.45) is 1.87. The van der Waals surface area contributed by atoms with Crippen LogP contribution < -0.4 is 4.74 Å². The summed E-state index contributed by atoms with van der Waals surface area (Å²) < 4.78 is 7.72. The van der Waals surface area contributed by atoms with E-state index in [4.69, 9.17) is 9.73 Å². The average molecular weight is 433 g/mol. The maximum absolute atomic E-state index is 5.36. The Balaban J connectivity index is 1.64. The maximum Gasteiger partial charge on any atom is 0.160 e. The standard InChI is InChI=1S/C25H28N4OS/c1-15-14-28-24(23(27-25(28)31-15)21-8-6-7-13-26-21)22-16(2)17(3)29(18(22)4)19-9-11-20(30-5)12-10-19/h6-13,15,23-24H,14H2,1-5H3. The molecule has 0 saturated carbocycles. The van der Waals surface area contributed by atoms with Gasteiger partial charge in [0.2, 0.25) is 0 Å². The summed E-state index contributed by atoms with van der Waals surface area (Å²) in [6, 6.07) is 14.6. The van der Waals surface area contributed by atoms with E-state index in [9.17, 15) is 0 Å². The van der Waals surface area contributed by atoms with Crippen LogP contribution in [0, 0.1) is 20.8 Å². The van der Waals surface area contributed by atoms with Gasteiger partial charge >= 0.3 is 0 Å². The average Bonchev–Trinajstić information content (AvgIpc) is 3.38. The predicted octanol–water partition coefficient (Wildman–Crippen LogP) is 5.40. The van der Waals surface area contributed by atoms with E-state index in [2.05, 4.69) is 66.4 Å². The molecule has 3 aromatic rings. The van der Waals surface area contributed by atoms with Gasteiger partial charge in [0.1, 0.15) is 11.8 Å². The van der Waals surface area contributed by atoms with Crippen LogP contribution in [0.1, 0.15) is 47.2 Å². The van der Waals surface area contributed by atoms with Crippen LogP contribution in [0.25, 0.3) is 5.69 Å². The molecule has 3 unspecified atom stereocenters. The molecule has 0 spiro atoms. The molecule has 2 aliphatic rings. The molecule has 1 fully saturated rings. The van der Waals surface area contributed by atoms with Gasteiger partial charge in [-0.2, -0.15) is 0 Å². The number of hydrogen-bond acceptors (Lipinski definition) is 5. The lowest BCUT2D eigenvalue weighted by molar-refractivity contribution is 0.319. The van der Waals surface area contributed by atoms with Gasteiger partial charge in [-0.25, -0.2) is 0 Å². The van der Waals surface area contributed by atoms with E-state index < -0.39 is 0 Å². The summed E-state index contributed by atoms with van der Waals surface area (Å²) in [5, 5.41) is 1.71. The zero-order valence-corrected chi connectivity index (χ0v) is 19.5. The molecule has 2 aliphatic heterocycles. The molecule has 31 heavy (non-hydrogen) atoms. The Morgan fingerprint density at radius 2 is 1.81 bits per heavy atom. The molecule has 0 amide bonds. The summed E-state index contributed by atoms with van der Waals surface area (Å²) in [6.45, 7) is 10.00. The van der Waals surface area contributed by atoms with Crippen LogP contribution in [0.5, 0.6) is 5.75 Å². The van der Waals surface area contributed by atoms with Crippen molar-refractivity contribution >= 4 is 16.9 Å². The molecule has 0 bridgehead atoms. The molecule has 0 radical (unpaired) electrons. The van der Waals surface area contributed by atoms with Crippen molar-refractivity contribution in [3.05, 3.63) is 76.9 Å². The molecule has 4 heterocycles. The van der Waals surface area contributed by atoms with Gasteiger partial charge in [0.15, 0.2) is 5.17 Å². The quantitative estimate of drug-likeness (QED) is 0.554. The van der Waals surface area contributed by atoms with Crippen LogP contribution in [-0.2, 0) is 0 Å². The second-order valence-corrected chi connectivity index (χ2v) is 9.79. The van der Waals surface area contributed by atoms with E-state index in [0.717, 1.165) is 28.8 Å². The van der Waals surface area contributed by atoms with Crippen molar-refractivity contribution in [2.75, 3.05) is 13.7 Å². The second kappa shape index (κ2) is 7.75. The third-order valence-corrected chi connectivity index (χ3v) is 7.62. The number of fused-ring (bicyclic) bond motifs is 1. The molecule has 5 rings (SSSR count). The molecule has 6 heteroatoms. The monoisotopic (exact) mass is 432 g/mol. The van der Waals surface area contributed by atoms with Crippen molar-refractivity contribution in [2.24, 2.45) is 4.99 Å². The highest BCUT2D eigenvalue weighted by molar-refractivity contribution is 8.14. The topological polar surface area (TPSA) is 42.6 Å². The third-order valence-electron chi connectivity index (χ3n) is 6.51. The Morgan fingerprint density at radius 1 is 1.03 bits per heavy atom. The smallest absolute Gasteiger partial charge is 0.160 e. The first-order chi connectivity index (χ1) is 15.0. The fourth-order valence-corrected chi connectivity index (χ4v) is 6.08. The normalized spacial score (nSPS) is 22.5. The van der Waals surface area contributed by atoms with E-state index >= 15 is 0 Å². The van der Waals surface area contributed by atoms with Crippen molar-refractivity contribution in [2.45, 2.75) is 45.0 Å². The number of benzene rings is 1. The number of thioether (sulfide) groups is 1. The minimum atomic E-state index is 0.0136. The van der Waals surface area contributed by atoms with Crippen molar-refractivity contribution in [3.63, 3.8) is 0 Å². The SMILES string of the molecule is COc1ccc(-n2c(C)c(C)c(C3C(c4ccccn4)N=C4SC(C)CN43)c2C)cc1. The zero-order valence-electron chi connectivity index (χ0n) is 18.7. The lowest BCUT2D eigenvalue weighted by atomic mass is 9.93. The van der Waals surface area contributed by atoms with Gasteiger partial charge in [-0.1, -0.05) is 24.8 Å². The Bertz CT molecular complexity index is 1140. The molecule has 0 N–H and O–H groups in total. The largest absolute Gasteiger partial charge is 0.497 e. The molecule has 1 saturated heterocycles. The summed E-state index contributed by atoms with van der Waals surface area (Å²) in [7, 11) is 1.70. The van der Waals surface area contributed by atoms with Gasteiger partial charge in [0.25, 0.3) is 0 Å². The Labute approximate surface area is 188 Å². The molecular weight excluding hydrogens is 404 g/mol. The first-order valence-electron chi connectivity index (χ1n) is 10.7. The van der Waals surface area contributed by atoms with Gasteiger partial charge in [-0.3, -0.25) is 9.98 Å². The molecule has 5 nitrogen and oxygen atoms in total. The van der Waals surface area contributed by atoms with E-state index in [1.165, 1.54) is 22.5 Å². The number of ether oxygens (including phenoxy) is 1. The van der Waals surface area contributed by atoms with Crippen molar-refractivity contribution < 1.29 is 4.74 Å². The van der Waals surface area contributed by atoms with E-state index in [-0.39, 0.29) is 12.1 Å². The number of aliphatic imine (C=N–C) groups is 1. The van der Waals surface area contributed by atoms with Crippen LogP contribution in [0.3, 0.4) is 0 Å². The highest BCUT2D eigenvalue weighted by Gasteiger charge is 2.45. The summed E-state index contributed by atoms with van der Waals surface area (Å²) in [5.74, 6) is 0.871. The number of hydrogen-bond donors (Lipinski definition) is 0. The highest BCUT2D eigenvalue weighted by Crippen LogP contribution is 2.50. The van der Waals surface area contributed by atoms with Crippen LogP contribution >= 0.6 is 11.8 Å². The van der Waals surface area contributed by atoms with Crippen LogP contribution in [0.4, 0.5) is 0 Å². The second-order valence-electron chi connectivity index (χ2n) is 8.38. The van der Waals surface area contributed by atoms with E-state index in [0.29, 0.717) is 5.25 Å². The zero-order chi connectivity index (χ0) is 21.7. The lowest BCUT2D eigenvalue weighted by Crippen LogP contribution is -2.29. The predicted molar refractivity (Wildman–Crippen MR) is 127 cm³/mol. The van der Waals surface area contributed by atoms with Crippen LogP contribution in [0.2, 0.25) is 0 Å². The molecule has 2 aromatic heterocycles. The number of aromatic nitrogens is 2. The van der Waals surface area contributed by atoms with Crippen LogP contribution in [0.15, 0.2) is 53.7 Å². The highest BCUT2D eigenvalue weighted by atomic mass is 32.2. The number of nitrogens with zero attached hydrogens (tertiary/aromatic N) is 4. The molecule has 0 aliphatic carbocycles. The number of amidine groups is 1. The molecular formula is C25H28N4OS. The summed E-state index contributed by atoms with van der Waals surface area (Å²) >= 11 is 1.88. The Hall–Kier alpha value is -2.73. The molecule has 1 aromatic carbocycles. The number of methoxy groups -OCH3 is 1. The van der Waals surface area contributed by atoms with Gasteiger partial charge in [-0.15, -0.1) is 0 Å². The van der Waals surface area contributed by atoms with Gasteiger partial charge in [0, 0.05) is 40.6 Å². The van der Waals surface area contributed by atoms with Gasteiger partial charge in [0.05, 0.1) is 18.8 Å². The summed E-state index contributed by atoms with van der Waals surface area (Å²) in [5.41, 5.74) is 7.44. The van der Waals surface area contributed by atoms with E-state index in [1.807, 2.05) is 36.2 Å². The Kier molecular flexibility index (Phi) is 5.05. The lowest BCUT2D eigenvalue weighted by Gasteiger charge is -2.28. The van der Waals surface area contributed by atoms with Crippen molar-refractivity contribution in [3.8, 4) is 11.4 Å². The number of rotatable bonds is 4. The van der Waals surface area contributed by atoms with E-state index in [1.54, 1.807) is 7.11 Å². The molecule has 3 atom stereocenters. The van der Waals surface area contributed by atoms with Crippen LogP contribution in [-0.4, -0.2) is 38.5 Å². The fourth-order valence-electron chi connectivity index (χ4n) is 4.99. The third kappa shape index (κ3) is 3.24. The number of pyridine rings is 1. The first-order valence-corrected chi connectivity index (χ1v) is 11.6. The molecule has 160 valence electrons. The Morgan fingerprint density at radius 3 is 2.48 bits per heavy atom. The van der Waals surface area contributed by atoms with Gasteiger partial charge in [-0.05, 0) is 62.7 Å². The van der Waals surface area contributed by atoms with Crippen molar-refractivity contribution in [1.82, 2.24) is 14.5 Å². The fraction of sp³-hybridized carbons (Fsp3) is 0.360. The van der Waals surface area contributed by atoms with Crippen molar-refractivity contribution in [1.29, 1.82) is 0 Å². The minimum absolute atomic E-state index is 0.0136. The first kappa shape index (κ1) is 20.2. The summed E-state index contributed by atoms with van der Waals surface area (Å²) in [4.78, 5) is 12.3. The maximum atomic E-state index is 5.36. The van der Waals surface area contributed by atoms with Gasteiger partial charge < -0.3 is 14.2 Å². The minimum Gasteiger partial charge on any atom is -0.497 e.